The number of ether oxygens (including phenoxy) is 1. The molecule has 0 saturated carbocycles. The van der Waals surface area contributed by atoms with Gasteiger partial charge in [0.1, 0.15) is 17.3 Å². The zero-order valence-electron chi connectivity index (χ0n) is 12.7. The van der Waals surface area contributed by atoms with Gasteiger partial charge in [-0.05, 0) is 68.8 Å². The Morgan fingerprint density at radius 1 is 1.10 bits per heavy atom. The van der Waals surface area contributed by atoms with Gasteiger partial charge in [-0.25, -0.2) is 4.39 Å². The topological polar surface area (TPSA) is 21.3 Å². The van der Waals surface area contributed by atoms with Gasteiger partial charge in [-0.2, -0.15) is 0 Å². The Bertz CT molecular complexity index is 670. The molecular formula is C17H19ClFNO. The molecule has 0 heterocycles. The van der Waals surface area contributed by atoms with Gasteiger partial charge in [-0.15, -0.1) is 0 Å². The van der Waals surface area contributed by atoms with Gasteiger partial charge < -0.3 is 10.1 Å². The van der Waals surface area contributed by atoms with Crippen LogP contribution in [0.5, 0.6) is 11.5 Å². The first-order valence-electron chi connectivity index (χ1n) is 6.81. The summed E-state index contributed by atoms with van der Waals surface area (Å²) in [5.74, 6) is 1.17. The third-order valence-electron chi connectivity index (χ3n) is 3.60. The van der Waals surface area contributed by atoms with Crippen molar-refractivity contribution in [1.82, 2.24) is 5.32 Å². The number of halogens is 2. The standard InChI is InChI=1S/C17H19ClFNO/c1-10-7-17(13(9-20-4)8-15(10)19)21-16-6-5-14(18)11(2)12(16)3/h5-8,20H,9H2,1-4H3. The molecule has 1 N–H and O–H groups in total. The Kier molecular flexibility index (Phi) is 4.86. The first-order chi connectivity index (χ1) is 9.93. The highest BCUT2D eigenvalue weighted by Gasteiger charge is 2.12. The van der Waals surface area contributed by atoms with E-state index in [1.807, 2.05) is 33.0 Å². The van der Waals surface area contributed by atoms with Crippen molar-refractivity contribution in [3.8, 4) is 11.5 Å². The maximum absolute atomic E-state index is 13.7. The van der Waals surface area contributed by atoms with Crippen LogP contribution >= 0.6 is 11.6 Å². The van der Waals surface area contributed by atoms with Crippen molar-refractivity contribution in [2.75, 3.05) is 7.05 Å². The zero-order chi connectivity index (χ0) is 15.6. The van der Waals surface area contributed by atoms with Crippen LogP contribution in [0.25, 0.3) is 0 Å². The fraction of sp³-hybridized carbons (Fsp3) is 0.294. The van der Waals surface area contributed by atoms with E-state index in [1.54, 1.807) is 13.0 Å². The first-order valence-corrected chi connectivity index (χ1v) is 7.19. The summed E-state index contributed by atoms with van der Waals surface area (Å²) in [5, 5.41) is 3.74. The van der Waals surface area contributed by atoms with Crippen LogP contribution in [0.2, 0.25) is 5.02 Å². The lowest BCUT2D eigenvalue weighted by molar-refractivity contribution is 0.466. The monoisotopic (exact) mass is 307 g/mol. The quantitative estimate of drug-likeness (QED) is 0.866. The van der Waals surface area contributed by atoms with Gasteiger partial charge in [0, 0.05) is 17.1 Å². The Labute approximate surface area is 129 Å². The highest BCUT2D eigenvalue weighted by Crippen LogP contribution is 2.33. The van der Waals surface area contributed by atoms with E-state index in [2.05, 4.69) is 5.32 Å². The maximum atomic E-state index is 13.7. The third kappa shape index (κ3) is 3.36. The van der Waals surface area contributed by atoms with E-state index in [0.717, 1.165) is 22.4 Å². The lowest BCUT2D eigenvalue weighted by Gasteiger charge is -2.15. The van der Waals surface area contributed by atoms with E-state index in [9.17, 15) is 4.39 Å². The fourth-order valence-electron chi connectivity index (χ4n) is 2.11. The van der Waals surface area contributed by atoms with Gasteiger partial charge in [-0.3, -0.25) is 0 Å². The Morgan fingerprint density at radius 2 is 1.81 bits per heavy atom. The van der Waals surface area contributed by atoms with Gasteiger partial charge in [0.05, 0.1) is 0 Å². The summed E-state index contributed by atoms with van der Waals surface area (Å²) in [7, 11) is 1.82. The number of rotatable bonds is 4. The lowest BCUT2D eigenvalue weighted by Crippen LogP contribution is -2.07. The summed E-state index contributed by atoms with van der Waals surface area (Å²) in [6, 6.07) is 6.89. The predicted molar refractivity (Wildman–Crippen MR) is 84.9 cm³/mol. The van der Waals surface area contributed by atoms with Gasteiger partial charge in [0.15, 0.2) is 0 Å². The number of hydrogen-bond donors (Lipinski definition) is 1. The van der Waals surface area contributed by atoms with Crippen LogP contribution in [0, 0.1) is 26.6 Å². The smallest absolute Gasteiger partial charge is 0.132 e. The van der Waals surface area contributed by atoms with Gasteiger partial charge >= 0.3 is 0 Å². The molecule has 0 saturated heterocycles. The van der Waals surface area contributed by atoms with Crippen molar-refractivity contribution in [1.29, 1.82) is 0 Å². The summed E-state index contributed by atoms with van der Waals surface area (Å²) < 4.78 is 19.7. The Morgan fingerprint density at radius 3 is 2.48 bits per heavy atom. The van der Waals surface area contributed by atoms with Crippen LogP contribution in [0.4, 0.5) is 4.39 Å². The van der Waals surface area contributed by atoms with E-state index in [0.29, 0.717) is 22.9 Å². The molecule has 2 nitrogen and oxygen atoms in total. The van der Waals surface area contributed by atoms with Crippen LogP contribution < -0.4 is 10.1 Å². The second-order valence-corrected chi connectivity index (χ2v) is 5.54. The molecule has 2 aromatic rings. The molecule has 0 unspecified atom stereocenters. The number of hydrogen-bond acceptors (Lipinski definition) is 2. The molecule has 0 bridgehead atoms. The largest absolute Gasteiger partial charge is 0.457 e. The Balaban J connectivity index is 2.43. The highest BCUT2D eigenvalue weighted by molar-refractivity contribution is 6.31. The minimum Gasteiger partial charge on any atom is -0.457 e. The lowest BCUT2D eigenvalue weighted by atomic mass is 10.1. The summed E-state index contributed by atoms with van der Waals surface area (Å²) in [4.78, 5) is 0. The molecule has 0 aliphatic heterocycles. The summed E-state index contributed by atoms with van der Waals surface area (Å²) >= 11 is 6.10. The molecule has 2 aromatic carbocycles. The molecule has 0 radical (unpaired) electrons. The Hall–Kier alpha value is -1.58. The summed E-state index contributed by atoms with van der Waals surface area (Å²) in [6.45, 7) is 6.18. The predicted octanol–water partition coefficient (Wildman–Crippen LogP) is 4.92. The summed E-state index contributed by atoms with van der Waals surface area (Å²) in [6.07, 6.45) is 0. The molecule has 112 valence electrons. The van der Waals surface area contributed by atoms with Crippen LogP contribution in [0.3, 0.4) is 0 Å². The molecule has 0 amide bonds. The van der Waals surface area contributed by atoms with Crippen molar-refractivity contribution in [2.45, 2.75) is 27.3 Å². The number of aryl methyl sites for hydroxylation is 1. The van der Waals surface area contributed by atoms with Gasteiger partial charge in [0.2, 0.25) is 0 Å². The fourth-order valence-corrected chi connectivity index (χ4v) is 2.32. The van der Waals surface area contributed by atoms with E-state index in [4.69, 9.17) is 16.3 Å². The van der Waals surface area contributed by atoms with Crippen LogP contribution in [-0.4, -0.2) is 7.05 Å². The van der Waals surface area contributed by atoms with Crippen molar-refractivity contribution in [2.24, 2.45) is 0 Å². The molecular weight excluding hydrogens is 289 g/mol. The first kappa shape index (κ1) is 15.8. The van der Waals surface area contributed by atoms with Crippen LogP contribution in [0.1, 0.15) is 22.3 Å². The number of benzene rings is 2. The molecule has 0 aliphatic rings. The molecule has 4 heteroatoms. The molecule has 21 heavy (non-hydrogen) atoms. The maximum Gasteiger partial charge on any atom is 0.132 e. The normalized spacial score (nSPS) is 10.8. The van der Waals surface area contributed by atoms with Crippen molar-refractivity contribution >= 4 is 11.6 Å². The van der Waals surface area contributed by atoms with E-state index >= 15 is 0 Å². The van der Waals surface area contributed by atoms with E-state index in [-0.39, 0.29) is 5.82 Å². The molecule has 0 spiro atoms. The zero-order valence-corrected chi connectivity index (χ0v) is 13.4. The molecule has 2 rings (SSSR count). The van der Waals surface area contributed by atoms with Crippen LogP contribution in [-0.2, 0) is 6.54 Å². The van der Waals surface area contributed by atoms with Crippen molar-refractivity contribution < 1.29 is 9.13 Å². The van der Waals surface area contributed by atoms with E-state index in [1.165, 1.54) is 6.07 Å². The number of nitrogens with one attached hydrogen (secondary N) is 1. The molecule has 0 aromatic heterocycles. The third-order valence-corrected chi connectivity index (χ3v) is 4.01. The van der Waals surface area contributed by atoms with Crippen molar-refractivity contribution in [3.63, 3.8) is 0 Å². The minimum atomic E-state index is -0.225. The SMILES string of the molecule is CNCc1cc(F)c(C)cc1Oc1ccc(Cl)c(C)c1C. The molecule has 0 fully saturated rings. The van der Waals surface area contributed by atoms with Gasteiger partial charge in [-0.1, -0.05) is 11.6 Å². The summed E-state index contributed by atoms with van der Waals surface area (Å²) in [5.41, 5.74) is 3.32. The molecule has 0 aliphatic carbocycles. The average Bonchev–Trinajstić information content (AvgIpc) is 2.45. The minimum absolute atomic E-state index is 0.225. The second-order valence-electron chi connectivity index (χ2n) is 5.14. The average molecular weight is 308 g/mol. The second kappa shape index (κ2) is 6.46. The van der Waals surface area contributed by atoms with Crippen molar-refractivity contribution in [3.05, 3.63) is 57.4 Å². The molecule has 0 atom stereocenters. The van der Waals surface area contributed by atoms with Crippen LogP contribution in [0.15, 0.2) is 24.3 Å². The van der Waals surface area contributed by atoms with Gasteiger partial charge in [0.25, 0.3) is 0 Å². The highest BCUT2D eigenvalue weighted by atomic mass is 35.5. The van der Waals surface area contributed by atoms with E-state index < -0.39 is 0 Å².